The number of benzene rings is 1. The van der Waals surface area contributed by atoms with Crippen molar-refractivity contribution >= 4 is 40.6 Å². The number of thiocarbonyl (C=S) groups is 1. The largest absolute Gasteiger partial charge is 0.392 e. The van der Waals surface area contributed by atoms with Gasteiger partial charge in [-0.15, -0.1) is 0 Å². The van der Waals surface area contributed by atoms with Crippen molar-refractivity contribution in [3.05, 3.63) is 29.8 Å². The van der Waals surface area contributed by atoms with Crippen LogP contribution in [0.2, 0.25) is 0 Å². The van der Waals surface area contributed by atoms with E-state index in [1.807, 2.05) is 0 Å². The first-order valence-electron chi connectivity index (χ1n) is 5.17. The zero-order chi connectivity index (χ0) is 14.4. The van der Waals surface area contributed by atoms with Crippen LogP contribution >= 0.6 is 12.2 Å². The Labute approximate surface area is 114 Å². The van der Waals surface area contributed by atoms with Crippen molar-refractivity contribution in [3.63, 3.8) is 0 Å². The zero-order valence-electron chi connectivity index (χ0n) is 9.80. The molecule has 7 nitrogen and oxygen atoms in total. The van der Waals surface area contributed by atoms with Crippen LogP contribution in [0.3, 0.4) is 0 Å². The van der Waals surface area contributed by atoms with Crippen LogP contribution in [0.4, 0.5) is 5.69 Å². The first-order chi connectivity index (χ1) is 8.90. The molecule has 8 heteroatoms. The van der Waals surface area contributed by atoms with Crippen molar-refractivity contribution in [2.75, 3.05) is 11.9 Å². The Balaban J connectivity index is 2.59. The van der Waals surface area contributed by atoms with Gasteiger partial charge in [0.1, 0.15) is 0 Å². The van der Waals surface area contributed by atoms with Gasteiger partial charge in [0.2, 0.25) is 5.91 Å². The molecule has 0 aliphatic rings. The standard InChI is InChI=1S/C11H12N4O3S/c12-8(19)5-14-10(17)11(18)15-7-3-1-6(2-4-7)9(13)16/h1-4H,5H2,(H2,12,19)(H2,13,16)(H,14,17)(H,15,18). The van der Waals surface area contributed by atoms with Crippen LogP contribution in [-0.2, 0) is 9.59 Å². The van der Waals surface area contributed by atoms with Gasteiger partial charge >= 0.3 is 11.8 Å². The summed E-state index contributed by atoms with van der Waals surface area (Å²) >= 11 is 4.56. The highest BCUT2D eigenvalue weighted by Gasteiger charge is 2.13. The molecular formula is C11H12N4O3S. The fraction of sp³-hybridized carbons (Fsp3) is 0.0909. The molecule has 0 aromatic heterocycles. The number of carbonyl (C=O) groups excluding carboxylic acids is 3. The van der Waals surface area contributed by atoms with Crippen LogP contribution < -0.4 is 22.1 Å². The first-order valence-corrected chi connectivity index (χ1v) is 5.58. The van der Waals surface area contributed by atoms with Crippen molar-refractivity contribution in [2.45, 2.75) is 0 Å². The number of carbonyl (C=O) groups is 3. The van der Waals surface area contributed by atoms with Gasteiger partial charge in [-0.2, -0.15) is 0 Å². The second kappa shape index (κ2) is 6.45. The summed E-state index contributed by atoms with van der Waals surface area (Å²) in [7, 11) is 0. The molecule has 0 aliphatic heterocycles. The number of primary amides is 1. The predicted molar refractivity (Wildman–Crippen MR) is 73.4 cm³/mol. The quantitative estimate of drug-likeness (QED) is 0.421. The van der Waals surface area contributed by atoms with Crippen LogP contribution in [0.1, 0.15) is 10.4 Å². The molecule has 0 fully saturated rings. The minimum Gasteiger partial charge on any atom is -0.392 e. The maximum atomic E-state index is 11.4. The molecule has 1 aromatic carbocycles. The molecule has 100 valence electrons. The van der Waals surface area contributed by atoms with E-state index in [2.05, 4.69) is 22.9 Å². The minimum atomic E-state index is -0.858. The number of nitrogens with two attached hydrogens (primary N) is 2. The monoisotopic (exact) mass is 280 g/mol. The summed E-state index contributed by atoms with van der Waals surface area (Å²) in [6, 6.07) is 5.79. The normalized spacial score (nSPS) is 9.47. The van der Waals surface area contributed by atoms with Gasteiger partial charge in [0.15, 0.2) is 0 Å². The summed E-state index contributed by atoms with van der Waals surface area (Å²) in [6.07, 6.45) is 0. The van der Waals surface area contributed by atoms with E-state index in [-0.39, 0.29) is 11.5 Å². The molecule has 0 radical (unpaired) electrons. The second-order valence-corrected chi connectivity index (χ2v) is 4.07. The average molecular weight is 280 g/mol. The van der Waals surface area contributed by atoms with Crippen molar-refractivity contribution in [2.24, 2.45) is 11.5 Å². The van der Waals surface area contributed by atoms with Gasteiger partial charge in [-0.1, -0.05) is 12.2 Å². The number of amides is 3. The number of anilines is 1. The Morgan fingerprint density at radius 3 is 2.11 bits per heavy atom. The molecule has 0 unspecified atom stereocenters. The summed E-state index contributed by atoms with van der Waals surface area (Å²) in [4.78, 5) is 33.7. The summed E-state index contributed by atoms with van der Waals surface area (Å²) in [6.45, 7) is -0.0534. The van der Waals surface area contributed by atoms with Crippen molar-refractivity contribution in [1.29, 1.82) is 0 Å². The minimum absolute atomic E-state index is 0.0534. The molecule has 0 saturated heterocycles. The maximum Gasteiger partial charge on any atom is 0.313 e. The van der Waals surface area contributed by atoms with E-state index < -0.39 is 17.7 Å². The van der Waals surface area contributed by atoms with E-state index >= 15 is 0 Å². The summed E-state index contributed by atoms with van der Waals surface area (Å²) in [5, 5.41) is 4.58. The summed E-state index contributed by atoms with van der Waals surface area (Å²) in [5.74, 6) is -2.29. The highest BCUT2D eigenvalue weighted by atomic mass is 32.1. The van der Waals surface area contributed by atoms with E-state index in [0.29, 0.717) is 11.3 Å². The van der Waals surface area contributed by atoms with Crippen LogP contribution in [0.5, 0.6) is 0 Å². The van der Waals surface area contributed by atoms with E-state index in [4.69, 9.17) is 11.5 Å². The van der Waals surface area contributed by atoms with Crippen LogP contribution in [-0.4, -0.2) is 29.3 Å². The van der Waals surface area contributed by atoms with Gasteiger partial charge in [-0.3, -0.25) is 14.4 Å². The molecule has 0 bridgehead atoms. The maximum absolute atomic E-state index is 11.4. The van der Waals surface area contributed by atoms with E-state index in [9.17, 15) is 14.4 Å². The molecule has 0 saturated carbocycles. The van der Waals surface area contributed by atoms with Gasteiger partial charge in [-0.25, -0.2) is 0 Å². The first kappa shape index (κ1) is 14.6. The summed E-state index contributed by atoms with van der Waals surface area (Å²) < 4.78 is 0. The van der Waals surface area contributed by atoms with Crippen molar-refractivity contribution in [3.8, 4) is 0 Å². The Bertz CT molecular complexity index is 527. The Morgan fingerprint density at radius 2 is 1.63 bits per heavy atom. The van der Waals surface area contributed by atoms with E-state index in [1.165, 1.54) is 24.3 Å². The lowest BCUT2D eigenvalue weighted by Gasteiger charge is -2.06. The number of hydrogen-bond donors (Lipinski definition) is 4. The summed E-state index contributed by atoms with van der Waals surface area (Å²) in [5.41, 5.74) is 10.9. The van der Waals surface area contributed by atoms with Gasteiger partial charge < -0.3 is 22.1 Å². The second-order valence-electron chi connectivity index (χ2n) is 3.54. The van der Waals surface area contributed by atoms with Crippen molar-refractivity contribution < 1.29 is 14.4 Å². The smallest absolute Gasteiger partial charge is 0.313 e. The van der Waals surface area contributed by atoms with Crippen molar-refractivity contribution in [1.82, 2.24) is 5.32 Å². The lowest BCUT2D eigenvalue weighted by molar-refractivity contribution is -0.135. The molecule has 0 spiro atoms. The number of nitrogens with one attached hydrogen (secondary N) is 2. The van der Waals surface area contributed by atoms with Crippen LogP contribution in [0.25, 0.3) is 0 Å². The molecule has 1 aromatic rings. The van der Waals surface area contributed by atoms with Crippen LogP contribution in [0.15, 0.2) is 24.3 Å². The SMILES string of the molecule is NC(=O)c1ccc(NC(=O)C(=O)NCC(N)=S)cc1. The van der Waals surface area contributed by atoms with Gasteiger partial charge in [0.05, 0.1) is 11.5 Å². The van der Waals surface area contributed by atoms with Gasteiger partial charge in [0.25, 0.3) is 0 Å². The molecule has 6 N–H and O–H groups in total. The fourth-order valence-electron chi connectivity index (χ4n) is 1.15. The Morgan fingerprint density at radius 1 is 1.05 bits per heavy atom. The van der Waals surface area contributed by atoms with Gasteiger partial charge in [-0.05, 0) is 24.3 Å². The number of hydrogen-bond acceptors (Lipinski definition) is 4. The third-order valence-corrected chi connectivity index (χ3v) is 2.20. The van der Waals surface area contributed by atoms with Gasteiger partial charge in [0, 0.05) is 11.3 Å². The highest BCUT2D eigenvalue weighted by molar-refractivity contribution is 7.80. The molecule has 19 heavy (non-hydrogen) atoms. The topological polar surface area (TPSA) is 127 Å². The lowest BCUT2D eigenvalue weighted by atomic mass is 10.2. The highest BCUT2D eigenvalue weighted by Crippen LogP contribution is 2.08. The Kier molecular flexibility index (Phi) is 4.95. The van der Waals surface area contributed by atoms with E-state index in [0.717, 1.165) is 0 Å². The molecule has 0 atom stereocenters. The third-order valence-electron chi connectivity index (χ3n) is 2.06. The average Bonchev–Trinajstić information content (AvgIpc) is 2.36. The van der Waals surface area contributed by atoms with Crippen LogP contribution in [0, 0.1) is 0 Å². The molecule has 0 heterocycles. The lowest BCUT2D eigenvalue weighted by Crippen LogP contribution is -2.39. The molecule has 0 aliphatic carbocycles. The number of rotatable bonds is 4. The predicted octanol–water partition coefficient (Wildman–Crippen LogP) is -0.874. The Hall–Kier alpha value is -2.48. The third kappa shape index (κ3) is 4.72. The molecule has 3 amide bonds. The fourth-order valence-corrected chi connectivity index (χ4v) is 1.23. The molecule has 1 rings (SSSR count). The molecular weight excluding hydrogens is 268 g/mol. The van der Waals surface area contributed by atoms with E-state index in [1.54, 1.807) is 0 Å². The zero-order valence-corrected chi connectivity index (χ0v) is 10.6.